The number of esters is 1. The minimum atomic E-state index is -0.520. The van der Waals surface area contributed by atoms with Gasteiger partial charge in [-0.1, -0.05) is 48.5 Å². The lowest BCUT2D eigenvalue weighted by atomic mass is 10.0. The number of carbonyl (C=O) groups excluding carboxylic acids is 2. The third kappa shape index (κ3) is 5.32. The van der Waals surface area contributed by atoms with Gasteiger partial charge in [-0.3, -0.25) is 9.78 Å². The molecule has 0 bridgehead atoms. The second kappa shape index (κ2) is 10.3. The molecule has 0 aliphatic heterocycles. The van der Waals surface area contributed by atoms with Crippen molar-refractivity contribution in [2.45, 2.75) is 32.4 Å². The first-order valence-electron chi connectivity index (χ1n) is 10.0. The highest BCUT2D eigenvalue weighted by Crippen LogP contribution is 2.19. The maximum Gasteiger partial charge on any atom is 0.338 e. The Balaban J connectivity index is 1.87. The molecule has 1 heterocycles. The number of nitrogens with zero attached hydrogens (tertiary/aromatic N) is 2. The van der Waals surface area contributed by atoms with Gasteiger partial charge in [0.05, 0.1) is 30.5 Å². The van der Waals surface area contributed by atoms with E-state index in [0.29, 0.717) is 12.1 Å². The van der Waals surface area contributed by atoms with E-state index in [1.807, 2.05) is 43.3 Å². The van der Waals surface area contributed by atoms with Crippen LogP contribution in [0, 0.1) is 0 Å². The first-order valence-corrected chi connectivity index (χ1v) is 10.0. The molecule has 5 heteroatoms. The number of hydrogen-bond acceptors (Lipinski definition) is 4. The van der Waals surface area contributed by atoms with Crippen molar-refractivity contribution >= 4 is 11.9 Å². The summed E-state index contributed by atoms with van der Waals surface area (Å²) in [7, 11) is 1.32. The summed E-state index contributed by atoms with van der Waals surface area (Å²) in [5, 5.41) is 0. The fraction of sp³-hybridized carbons (Fsp3) is 0.240. The average molecular weight is 402 g/mol. The van der Waals surface area contributed by atoms with Gasteiger partial charge in [0.1, 0.15) is 0 Å². The number of amides is 1. The number of methoxy groups -OCH3 is 1. The molecule has 1 amide bonds. The van der Waals surface area contributed by atoms with Crippen molar-refractivity contribution in [3.63, 3.8) is 0 Å². The van der Waals surface area contributed by atoms with Crippen LogP contribution < -0.4 is 0 Å². The molecule has 1 atom stereocenters. The molecule has 1 aromatic heterocycles. The lowest BCUT2D eigenvalue weighted by Gasteiger charge is -2.30. The zero-order chi connectivity index (χ0) is 21.3. The molecule has 30 heavy (non-hydrogen) atoms. The fourth-order valence-corrected chi connectivity index (χ4v) is 3.38. The van der Waals surface area contributed by atoms with E-state index < -0.39 is 5.97 Å². The summed E-state index contributed by atoms with van der Waals surface area (Å²) in [6.45, 7) is 2.40. The molecule has 5 nitrogen and oxygen atoms in total. The maximum atomic E-state index is 13.5. The van der Waals surface area contributed by atoms with Gasteiger partial charge in [-0.15, -0.1) is 0 Å². The topological polar surface area (TPSA) is 59.5 Å². The summed E-state index contributed by atoms with van der Waals surface area (Å²) in [5.74, 6) is -0.726. The summed E-state index contributed by atoms with van der Waals surface area (Å²) in [4.78, 5) is 31.9. The van der Waals surface area contributed by atoms with E-state index in [1.165, 1.54) is 12.7 Å². The normalized spacial score (nSPS) is 11.5. The first kappa shape index (κ1) is 21.2. The van der Waals surface area contributed by atoms with Gasteiger partial charge in [0, 0.05) is 12.2 Å². The second-order valence-electron chi connectivity index (χ2n) is 7.16. The minimum absolute atomic E-state index is 0.0505. The first-order chi connectivity index (χ1) is 14.6. The lowest BCUT2D eigenvalue weighted by molar-refractivity contribution is 0.0579. The Hall–Kier alpha value is -3.47. The van der Waals surface area contributed by atoms with E-state index in [-0.39, 0.29) is 17.5 Å². The van der Waals surface area contributed by atoms with Gasteiger partial charge in [0.2, 0.25) is 0 Å². The fourth-order valence-electron chi connectivity index (χ4n) is 3.38. The van der Waals surface area contributed by atoms with Crippen LogP contribution in [-0.4, -0.2) is 34.9 Å². The smallest absolute Gasteiger partial charge is 0.338 e. The Morgan fingerprint density at radius 1 is 0.933 bits per heavy atom. The lowest BCUT2D eigenvalue weighted by Crippen LogP contribution is -2.39. The molecule has 2 aromatic carbocycles. The second-order valence-corrected chi connectivity index (χ2v) is 7.16. The van der Waals surface area contributed by atoms with Crippen molar-refractivity contribution < 1.29 is 14.3 Å². The number of aryl methyl sites for hydroxylation is 1. The van der Waals surface area contributed by atoms with Gasteiger partial charge >= 0.3 is 5.97 Å². The molecule has 3 aromatic rings. The molecule has 0 spiro atoms. The van der Waals surface area contributed by atoms with Crippen LogP contribution in [0.3, 0.4) is 0 Å². The third-order valence-electron chi connectivity index (χ3n) is 5.11. The highest BCUT2D eigenvalue weighted by atomic mass is 16.5. The van der Waals surface area contributed by atoms with Crippen LogP contribution >= 0.6 is 0 Å². The van der Waals surface area contributed by atoms with Crippen molar-refractivity contribution in [1.82, 2.24) is 9.88 Å². The summed E-state index contributed by atoms with van der Waals surface area (Å²) < 4.78 is 4.87. The van der Waals surface area contributed by atoms with Crippen molar-refractivity contribution in [3.8, 4) is 0 Å². The standard InChI is InChI=1S/C25H26N2O3/c1-19(15-16-20-10-4-3-5-11-20)27(18-21-12-8-9-17-26-21)24(28)22-13-6-7-14-23(22)25(29)30-2/h3-14,17,19H,15-16,18H2,1-2H3/t19-/m0/s1. The molecule has 0 N–H and O–H groups in total. The largest absolute Gasteiger partial charge is 0.465 e. The Bertz CT molecular complexity index is 974. The van der Waals surface area contributed by atoms with E-state index in [2.05, 4.69) is 17.1 Å². The Morgan fingerprint density at radius 2 is 1.60 bits per heavy atom. The Morgan fingerprint density at radius 3 is 2.27 bits per heavy atom. The van der Waals surface area contributed by atoms with Crippen LogP contribution in [0.4, 0.5) is 0 Å². The highest BCUT2D eigenvalue weighted by Gasteiger charge is 2.26. The third-order valence-corrected chi connectivity index (χ3v) is 5.11. The van der Waals surface area contributed by atoms with Crippen LogP contribution in [0.5, 0.6) is 0 Å². The molecular formula is C25H26N2O3. The summed E-state index contributed by atoms with van der Waals surface area (Å²) in [5.41, 5.74) is 2.63. The molecule has 0 unspecified atom stereocenters. The highest BCUT2D eigenvalue weighted by molar-refractivity contribution is 6.05. The predicted octanol–water partition coefficient (Wildman–Crippen LogP) is 4.53. The Kier molecular flexibility index (Phi) is 7.33. The molecule has 0 aliphatic rings. The monoisotopic (exact) mass is 402 g/mol. The number of aromatic nitrogens is 1. The molecule has 0 radical (unpaired) electrons. The zero-order valence-electron chi connectivity index (χ0n) is 17.3. The molecule has 0 saturated heterocycles. The molecule has 3 rings (SSSR count). The van der Waals surface area contributed by atoms with Crippen LogP contribution in [0.15, 0.2) is 79.0 Å². The number of hydrogen-bond donors (Lipinski definition) is 0. The number of pyridine rings is 1. The van der Waals surface area contributed by atoms with Crippen molar-refractivity contribution in [2.24, 2.45) is 0 Å². The molecule has 0 saturated carbocycles. The quantitative estimate of drug-likeness (QED) is 0.520. The van der Waals surface area contributed by atoms with Gasteiger partial charge in [0.15, 0.2) is 0 Å². The van der Waals surface area contributed by atoms with E-state index in [0.717, 1.165) is 18.5 Å². The van der Waals surface area contributed by atoms with Gasteiger partial charge in [0.25, 0.3) is 5.91 Å². The summed E-state index contributed by atoms with van der Waals surface area (Å²) >= 11 is 0. The molecule has 154 valence electrons. The van der Waals surface area contributed by atoms with Crippen LogP contribution in [0.1, 0.15) is 45.3 Å². The minimum Gasteiger partial charge on any atom is -0.465 e. The summed E-state index contributed by atoms with van der Waals surface area (Å²) in [6, 6.07) is 22.6. The molecule has 0 fully saturated rings. The van der Waals surface area contributed by atoms with Crippen molar-refractivity contribution in [1.29, 1.82) is 0 Å². The molecular weight excluding hydrogens is 376 g/mol. The van der Waals surface area contributed by atoms with Crippen molar-refractivity contribution in [2.75, 3.05) is 7.11 Å². The molecule has 0 aliphatic carbocycles. The van der Waals surface area contributed by atoms with Gasteiger partial charge < -0.3 is 9.64 Å². The summed E-state index contributed by atoms with van der Waals surface area (Å²) in [6.07, 6.45) is 3.37. The Labute approximate surface area is 177 Å². The van der Waals surface area contributed by atoms with E-state index in [1.54, 1.807) is 35.4 Å². The predicted molar refractivity (Wildman–Crippen MR) is 116 cm³/mol. The van der Waals surface area contributed by atoms with Crippen molar-refractivity contribution in [3.05, 3.63) is 101 Å². The zero-order valence-corrected chi connectivity index (χ0v) is 17.3. The van der Waals surface area contributed by atoms with E-state index >= 15 is 0 Å². The number of benzene rings is 2. The van der Waals surface area contributed by atoms with E-state index in [9.17, 15) is 9.59 Å². The van der Waals surface area contributed by atoms with E-state index in [4.69, 9.17) is 4.74 Å². The number of rotatable bonds is 8. The van der Waals surface area contributed by atoms with Gasteiger partial charge in [-0.05, 0) is 49.6 Å². The maximum absolute atomic E-state index is 13.5. The van der Waals surface area contributed by atoms with Crippen LogP contribution in [0.2, 0.25) is 0 Å². The van der Waals surface area contributed by atoms with Gasteiger partial charge in [-0.2, -0.15) is 0 Å². The number of carbonyl (C=O) groups is 2. The number of ether oxygens (including phenoxy) is 1. The average Bonchev–Trinajstić information content (AvgIpc) is 2.81. The van der Waals surface area contributed by atoms with Gasteiger partial charge in [-0.25, -0.2) is 4.79 Å². The van der Waals surface area contributed by atoms with Crippen LogP contribution in [-0.2, 0) is 17.7 Å². The SMILES string of the molecule is COC(=O)c1ccccc1C(=O)N(Cc1ccccn1)[C@@H](C)CCc1ccccc1. The van der Waals surface area contributed by atoms with Crippen LogP contribution in [0.25, 0.3) is 0 Å².